The Morgan fingerprint density at radius 3 is 2.50 bits per heavy atom. The lowest BCUT2D eigenvalue weighted by Gasteiger charge is -2.07. The predicted molar refractivity (Wildman–Crippen MR) is 60.2 cm³/mol. The molecule has 0 heterocycles. The van der Waals surface area contributed by atoms with E-state index in [2.05, 4.69) is 0 Å². The van der Waals surface area contributed by atoms with E-state index in [0.717, 1.165) is 0 Å². The standard InChI is InChI=1S/C12H8ClFO2/c13-7-4-5-10(14)9(6-7)8-2-1-3-11(15)12(8)16/h1-6,15-16H. The van der Waals surface area contributed by atoms with Crippen LogP contribution in [0.3, 0.4) is 0 Å². The lowest BCUT2D eigenvalue weighted by Crippen LogP contribution is -1.85. The molecule has 2 aromatic carbocycles. The molecular formula is C12H8ClFO2. The van der Waals surface area contributed by atoms with Crippen LogP contribution < -0.4 is 0 Å². The number of aromatic hydroxyl groups is 2. The molecule has 2 nitrogen and oxygen atoms in total. The van der Waals surface area contributed by atoms with Crippen LogP contribution in [0.5, 0.6) is 11.5 Å². The average molecular weight is 239 g/mol. The zero-order chi connectivity index (χ0) is 11.7. The fraction of sp³-hybridized carbons (Fsp3) is 0. The topological polar surface area (TPSA) is 40.5 Å². The van der Waals surface area contributed by atoms with Crippen molar-refractivity contribution in [2.75, 3.05) is 0 Å². The van der Waals surface area contributed by atoms with Gasteiger partial charge in [0, 0.05) is 16.1 Å². The van der Waals surface area contributed by atoms with Gasteiger partial charge < -0.3 is 10.2 Å². The van der Waals surface area contributed by atoms with Gasteiger partial charge in [-0.2, -0.15) is 0 Å². The molecule has 16 heavy (non-hydrogen) atoms. The highest BCUT2D eigenvalue weighted by Crippen LogP contribution is 2.37. The van der Waals surface area contributed by atoms with Crippen LogP contribution in [-0.4, -0.2) is 10.2 Å². The number of rotatable bonds is 1. The number of halogens is 2. The zero-order valence-electron chi connectivity index (χ0n) is 8.11. The highest BCUT2D eigenvalue weighted by atomic mass is 35.5. The Bertz CT molecular complexity index is 541. The largest absolute Gasteiger partial charge is 0.504 e. The van der Waals surface area contributed by atoms with Crippen LogP contribution in [0.4, 0.5) is 4.39 Å². The first kappa shape index (κ1) is 10.8. The first-order valence-corrected chi connectivity index (χ1v) is 4.94. The second kappa shape index (κ2) is 4.02. The maximum Gasteiger partial charge on any atom is 0.165 e. The normalized spacial score (nSPS) is 10.4. The lowest BCUT2D eigenvalue weighted by molar-refractivity contribution is 0.405. The third-order valence-electron chi connectivity index (χ3n) is 2.23. The second-order valence-corrected chi connectivity index (χ2v) is 3.73. The average Bonchev–Trinajstić information content (AvgIpc) is 2.26. The molecule has 0 atom stereocenters. The summed E-state index contributed by atoms with van der Waals surface area (Å²) in [6.07, 6.45) is 0. The molecule has 0 aliphatic rings. The molecule has 0 radical (unpaired) electrons. The Morgan fingerprint density at radius 2 is 1.75 bits per heavy atom. The molecule has 0 bridgehead atoms. The van der Waals surface area contributed by atoms with Gasteiger partial charge in [-0.15, -0.1) is 0 Å². The molecular weight excluding hydrogens is 231 g/mol. The minimum Gasteiger partial charge on any atom is -0.504 e. The molecule has 0 aromatic heterocycles. The fourth-order valence-electron chi connectivity index (χ4n) is 1.45. The number of phenolic OH excluding ortho intramolecular Hbond substituents is 2. The molecule has 2 N–H and O–H groups in total. The molecule has 2 rings (SSSR count). The van der Waals surface area contributed by atoms with Crippen molar-refractivity contribution < 1.29 is 14.6 Å². The summed E-state index contributed by atoms with van der Waals surface area (Å²) >= 11 is 5.75. The van der Waals surface area contributed by atoms with Gasteiger partial charge in [-0.1, -0.05) is 23.7 Å². The highest BCUT2D eigenvalue weighted by Gasteiger charge is 2.12. The number of benzene rings is 2. The molecule has 0 amide bonds. The van der Waals surface area contributed by atoms with E-state index >= 15 is 0 Å². The first-order valence-electron chi connectivity index (χ1n) is 4.56. The molecule has 0 unspecified atom stereocenters. The minimum atomic E-state index is -0.509. The van der Waals surface area contributed by atoms with E-state index < -0.39 is 5.82 Å². The molecule has 4 heteroatoms. The van der Waals surface area contributed by atoms with Gasteiger partial charge in [0.2, 0.25) is 0 Å². The maximum absolute atomic E-state index is 13.5. The quantitative estimate of drug-likeness (QED) is 0.746. The van der Waals surface area contributed by atoms with Gasteiger partial charge in [0.25, 0.3) is 0 Å². The van der Waals surface area contributed by atoms with Gasteiger partial charge in [-0.3, -0.25) is 0 Å². The molecule has 2 aromatic rings. The van der Waals surface area contributed by atoms with Crippen molar-refractivity contribution in [3.05, 3.63) is 47.2 Å². The minimum absolute atomic E-state index is 0.154. The van der Waals surface area contributed by atoms with Gasteiger partial charge in [-0.25, -0.2) is 4.39 Å². The lowest BCUT2D eigenvalue weighted by atomic mass is 10.0. The summed E-state index contributed by atoms with van der Waals surface area (Å²) < 4.78 is 13.5. The summed E-state index contributed by atoms with van der Waals surface area (Å²) in [5.74, 6) is -1.16. The predicted octanol–water partition coefficient (Wildman–Crippen LogP) is 3.56. The van der Waals surface area contributed by atoms with Gasteiger partial charge in [0.05, 0.1) is 0 Å². The maximum atomic E-state index is 13.5. The molecule has 82 valence electrons. The zero-order valence-corrected chi connectivity index (χ0v) is 8.87. The van der Waals surface area contributed by atoms with Crippen LogP contribution in [0, 0.1) is 5.82 Å². The number of phenols is 2. The van der Waals surface area contributed by atoms with Crippen LogP contribution >= 0.6 is 11.6 Å². The summed E-state index contributed by atoms with van der Waals surface area (Å²) in [6.45, 7) is 0. The number of para-hydroxylation sites is 1. The molecule has 0 saturated carbocycles. The Balaban J connectivity index is 2.67. The van der Waals surface area contributed by atoms with E-state index in [1.807, 2.05) is 0 Å². The summed E-state index contributed by atoms with van der Waals surface area (Å²) in [7, 11) is 0. The van der Waals surface area contributed by atoms with E-state index in [4.69, 9.17) is 11.6 Å². The fourth-order valence-corrected chi connectivity index (χ4v) is 1.62. The van der Waals surface area contributed by atoms with Gasteiger partial charge >= 0.3 is 0 Å². The van der Waals surface area contributed by atoms with E-state index in [-0.39, 0.29) is 22.6 Å². The van der Waals surface area contributed by atoms with E-state index in [9.17, 15) is 14.6 Å². The molecule has 0 aliphatic heterocycles. The Hall–Kier alpha value is -1.74. The van der Waals surface area contributed by atoms with Crippen LogP contribution in [0.2, 0.25) is 5.02 Å². The van der Waals surface area contributed by atoms with Crippen LogP contribution in [0.15, 0.2) is 36.4 Å². The highest BCUT2D eigenvalue weighted by molar-refractivity contribution is 6.30. The van der Waals surface area contributed by atoms with E-state index in [1.165, 1.54) is 36.4 Å². The Morgan fingerprint density at radius 1 is 1.00 bits per heavy atom. The summed E-state index contributed by atoms with van der Waals surface area (Å²) in [5, 5.41) is 19.3. The Labute approximate surface area is 96.5 Å². The molecule has 0 saturated heterocycles. The van der Waals surface area contributed by atoms with E-state index in [1.54, 1.807) is 0 Å². The van der Waals surface area contributed by atoms with Crippen LogP contribution in [0.1, 0.15) is 0 Å². The monoisotopic (exact) mass is 238 g/mol. The SMILES string of the molecule is Oc1cccc(-c2cc(Cl)ccc2F)c1O. The summed E-state index contributed by atoms with van der Waals surface area (Å²) in [6, 6.07) is 8.36. The summed E-state index contributed by atoms with van der Waals surface area (Å²) in [5.41, 5.74) is 0.362. The molecule has 0 fully saturated rings. The third-order valence-corrected chi connectivity index (χ3v) is 2.47. The van der Waals surface area contributed by atoms with Crippen LogP contribution in [0.25, 0.3) is 11.1 Å². The summed E-state index contributed by atoms with van der Waals surface area (Å²) in [4.78, 5) is 0. The van der Waals surface area contributed by atoms with E-state index in [0.29, 0.717) is 5.02 Å². The smallest absolute Gasteiger partial charge is 0.165 e. The van der Waals surface area contributed by atoms with Crippen molar-refractivity contribution in [2.24, 2.45) is 0 Å². The molecule has 0 spiro atoms. The van der Waals surface area contributed by atoms with Crippen molar-refractivity contribution in [1.82, 2.24) is 0 Å². The van der Waals surface area contributed by atoms with Crippen molar-refractivity contribution in [3.8, 4) is 22.6 Å². The number of hydrogen-bond donors (Lipinski definition) is 2. The van der Waals surface area contributed by atoms with Gasteiger partial charge in [0.15, 0.2) is 11.5 Å². The van der Waals surface area contributed by atoms with Crippen molar-refractivity contribution >= 4 is 11.6 Å². The van der Waals surface area contributed by atoms with Crippen molar-refractivity contribution in [3.63, 3.8) is 0 Å². The van der Waals surface area contributed by atoms with Crippen molar-refractivity contribution in [2.45, 2.75) is 0 Å². The van der Waals surface area contributed by atoms with Gasteiger partial charge in [-0.05, 0) is 24.3 Å². The molecule has 0 aliphatic carbocycles. The van der Waals surface area contributed by atoms with Crippen LogP contribution in [-0.2, 0) is 0 Å². The first-order chi connectivity index (χ1) is 7.59. The third kappa shape index (κ3) is 1.82. The number of hydrogen-bond acceptors (Lipinski definition) is 2. The van der Waals surface area contributed by atoms with Gasteiger partial charge in [0.1, 0.15) is 5.82 Å². The Kier molecular flexibility index (Phi) is 2.71. The van der Waals surface area contributed by atoms with Crippen molar-refractivity contribution in [1.29, 1.82) is 0 Å². The second-order valence-electron chi connectivity index (χ2n) is 3.30.